The molecule has 0 aliphatic carbocycles. The zero-order chi connectivity index (χ0) is 7.23. The van der Waals surface area contributed by atoms with Gasteiger partial charge in [-0.1, -0.05) is 0 Å². The summed E-state index contributed by atoms with van der Waals surface area (Å²) in [5, 5.41) is 0. The summed E-state index contributed by atoms with van der Waals surface area (Å²) in [4.78, 5) is 0. The maximum absolute atomic E-state index is 5.08. The summed E-state index contributed by atoms with van der Waals surface area (Å²) in [6, 6.07) is 10.3. The molecule has 1 aromatic rings. The predicted molar refractivity (Wildman–Crippen MR) is 45.0 cm³/mol. The molecule has 1 aromatic carbocycles. The molecule has 0 aliphatic rings. The van der Waals surface area contributed by atoms with Gasteiger partial charge in [0, 0.05) is 5.75 Å². The van der Waals surface area contributed by atoms with Gasteiger partial charge in [-0.25, -0.2) is 4.52 Å². The van der Waals surface area contributed by atoms with Crippen LogP contribution in [0.1, 0.15) is 0 Å². The minimum Gasteiger partial charge on any atom is -0.450 e. The van der Waals surface area contributed by atoms with Crippen LogP contribution >= 0.6 is 18.0 Å². The van der Waals surface area contributed by atoms with E-state index in [2.05, 4.69) is 20.0 Å². The molecule has 2 nitrogen and oxygen atoms in total. The molecule has 0 aliphatic heterocycles. The van der Waals surface area contributed by atoms with Gasteiger partial charge in [0.2, 0.25) is 8.60 Å². The van der Waals surface area contributed by atoms with E-state index in [-0.39, 0.29) is 18.9 Å². The second-order valence-electron chi connectivity index (χ2n) is 1.52. The van der Waals surface area contributed by atoms with Gasteiger partial charge in [0.1, 0.15) is 0 Å². The summed E-state index contributed by atoms with van der Waals surface area (Å²) in [5.74, 6) is 0.718. The zero-order valence-corrected chi connectivity index (χ0v) is 8.24. The average molecular weight is 177 g/mol. The largest absolute Gasteiger partial charge is 1.00 e. The van der Waals surface area contributed by atoms with Gasteiger partial charge in [-0.3, -0.25) is 0 Å². The van der Waals surface area contributed by atoms with Crippen LogP contribution in [-0.4, -0.2) is 0 Å². The summed E-state index contributed by atoms with van der Waals surface area (Å²) < 4.78 is 8.76. The van der Waals surface area contributed by atoms with E-state index in [0.29, 0.717) is 8.60 Å². The van der Waals surface area contributed by atoms with Crippen molar-refractivity contribution in [2.75, 3.05) is 0 Å². The van der Waals surface area contributed by atoms with Crippen molar-refractivity contribution in [2.24, 2.45) is 4.52 Å². The molecule has 0 fully saturated rings. The van der Waals surface area contributed by atoms with E-state index in [1.807, 2.05) is 18.2 Å². The molecular formula is C6H6LiNOP2. The molecule has 0 saturated carbocycles. The number of para-hydroxylation sites is 1. The second kappa shape index (κ2) is 6.83. The first kappa shape index (κ1) is 11.1. The Labute approximate surface area is 82.1 Å². The van der Waals surface area contributed by atoms with Crippen LogP contribution in [-0.2, 0) is 0 Å². The number of rotatable bonds is 2. The van der Waals surface area contributed by atoms with Gasteiger partial charge in [-0.15, -0.1) is 12.1 Å². The number of hydrogen-bond donors (Lipinski definition) is 0. The van der Waals surface area contributed by atoms with E-state index < -0.39 is 0 Å². The minimum absolute atomic E-state index is 0. The van der Waals surface area contributed by atoms with Crippen LogP contribution in [0.4, 0.5) is 0 Å². The van der Waals surface area contributed by atoms with Crippen LogP contribution in [0.25, 0.3) is 0 Å². The van der Waals surface area contributed by atoms with E-state index in [9.17, 15) is 0 Å². The number of hydrogen-bond acceptors (Lipinski definition) is 2. The average Bonchev–Trinajstić information content (AvgIpc) is 2.03. The van der Waals surface area contributed by atoms with Gasteiger partial charge >= 0.3 is 18.9 Å². The molecule has 0 heterocycles. The first-order chi connectivity index (χ1) is 4.93. The quantitative estimate of drug-likeness (QED) is 0.345. The van der Waals surface area contributed by atoms with E-state index >= 15 is 0 Å². The molecule has 0 bridgehead atoms. The molecule has 1 rings (SSSR count). The first-order valence-corrected chi connectivity index (χ1v) is 3.95. The van der Waals surface area contributed by atoms with Crippen molar-refractivity contribution in [1.29, 1.82) is 0 Å². The molecule has 5 heteroatoms. The third-order valence-electron chi connectivity index (χ3n) is 0.867. The van der Waals surface area contributed by atoms with Crippen molar-refractivity contribution in [2.45, 2.75) is 0 Å². The van der Waals surface area contributed by atoms with Gasteiger partial charge in [-0.05, 0) is 9.39 Å². The molecule has 0 aromatic heterocycles. The first-order valence-electron chi connectivity index (χ1n) is 2.67. The Morgan fingerprint density at radius 2 is 2.36 bits per heavy atom. The molecule has 0 N–H and O–H groups in total. The molecular weight excluding hydrogens is 171 g/mol. The Morgan fingerprint density at radius 1 is 1.55 bits per heavy atom. The fourth-order valence-corrected chi connectivity index (χ4v) is 0.891. The monoisotopic (exact) mass is 177 g/mol. The zero-order valence-electron chi connectivity index (χ0n) is 6.19. The number of nitrogens with zero attached hydrogens (tertiary/aromatic N) is 1. The van der Waals surface area contributed by atoms with Crippen molar-refractivity contribution >= 4 is 18.0 Å². The fraction of sp³-hybridized carbons (Fsp3) is 0. The smallest absolute Gasteiger partial charge is 0.450 e. The molecule has 11 heavy (non-hydrogen) atoms. The van der Waals surface area contributed by atoms with Crippen molar-refractivity contribution in [1.82, 2.24) is 0 Å². The number of benzene rings is 1. The van der Waals surface area contributed by atoms with Gasteiger partial charge < -0.3 is 4.52 Å². The molecule has 52 valence electrons. The van der Waals surface area contributed by atoms with E-state index in [1.54, 1.807) is 6.07 Å². The van der Waals surface area contributed by atoms with Crippen molar-refractivity contribution < 1.29 is 23.4 Å². The Hall–Kier alpha value is 0.147. The summed E-state index contributed by atoms with van der Waals surface area (Å²) >= 11 is 0. The van der Waals surface area contributed by atoms with Crippen molar-refractivity contribution in [3.8, 4) is 5.75 Å². The summed E-state index contributed by atoms with van der Waals surface area (Å²) in [7, 11) is 2.81. The second-order valence-corrected chi connectivity index (χ2v) is 2.78. The fourth-order valence-electron chi connectivity index (χ4n) is 0.501. The van der Waals surface area contributed by atoms with Crippen LogP contribution in [0.3, 0.4) is 0 Å². The van der Waals surface area contributed by atoms with E-state index in [0.717, 1.165) is 5.75 Å². The van der Waals surface area contributed by atoms with Gasteiger partial charge in [0.05, 0.1) is 0 Å². The predicted octanol–water partition coefficient (Wildman–Crippen LogP) is -0.296. The van der Waals surface area contributed by atoms with Crippen molar-refractivity contribution in [3.05, 3.63) is 30.3 Å². The summed E-state index contributed by atoms with van der Waals surface area (Å²) in [6.45, 7) is 0. The normalized spacial score (nSPS) is 9.18. The molecule has 0 radical (unpaired) electrons. The molecule has 0 amide bonds. The van der Waals surface area contributed by atoms with Crippen LogP contribution in [0.2, 0.25) is 0 Å². The van der Waals surface area contributed by atoms with E-state index in [4.69, 9.17) is 4.52 Å². The Morgan fingerprint density at radius 3 is 2.91 bits per heavy atom. The van der Waals surface area contributed by atoms with Crippen molar-refractivity contribution in [3.63, 3.8) is 0 Å². The molecule has 1 unspecified atom stereocenters. The van der Waals surface area contributed by atoms with E-state index in [1.165, 1.54) is 0 Å². The van der Waals surface area contributed by atoms with Crippen LogP contribution in [0.5, 0.6) is 5.75 Å². The minimum atomic E-state index is 0. The van der Waals surface area contributed by atoms with Gasteiger partial charge in [-0.2, -0.15) is 18.2 Å². The summed E-state index contributed by atoms with van der Waals surface area (Å²) in [5.41, 5.74) is 0. The van der Waals surface area contributed by atoms with Crippen LogP contribution in [0.15, 0.2) is 28.8 Å². The van der Waals surface area contributed by atoms with Crippen LogP contribution in [0, 0.1) is 6.07 Å². The molecule has 1 atom stereocenters. The Bertz CT molecular complexity index is 217. The Kier molecular flexibility index (Phi) is 6.92. The van der Waals surface area contributed by atoms with Gasteiger partial charge in [0.15, 0.2) is 0 Å². The maximum atomic E-state index is 5.08. The standard InChI is InChI=1S/C6H6NOP2.Li/c9-7-10-8-6-4-2-1-3-5-6;/h1-4H,9H2;/q-1;+1. The SMILES string of the molecule is PN=POc1[c-]cccc1.[Li+]. The van der Waals surface area contributed by atoms with Gasteiger partial charge in [0.25, 0.3) is 0 Å². The third kappa shape index (κ3) is 4.56. The Balaban J connectivity index is 0.000001000. The summed E-state index contributed by atoms with van der Waals surface area (Å²) in [6.07, 6.45) is 0. The topological polar surface area (TPSA) is 21.6 Å². The molecule has 0 spiro atoms. The maximum Gasteiger partial charge on any atom is 1.00 e. The third-order valence-corrected chi connectivity index (χ3v) is 1.52. The molecule has 0 saturated heterocycles. The van der Waals surface area contributed by atoms with Crippen LogP contribution < -0.4 is 23.4 Å².